The second-order valence-electron chi connectivity index (χ2n) is 10.0. The molecule has 0 spiro atoms. The van der Waals surface area contributed by atoms with Gasteiger partial charge >= 0.3 is 0 Å². The lowest BCUT2D eigenvalue weighted by Gasteiger charge is -2.25. The van der Waals surface area contributed by atoms with Gasteiger partial charge in [-0.15, -0.1) is 0 Å². The van der Waals surface area contributed by atoms with Crippen LogP contribution in [-0.4, -0.2) is 45.0 Å². The summed E-state index contributed by atoms with van der Waals surface area (Å²) in [4.78, 5) is 28.3. The van der Waals surface area contributed by atoms with Crippen molar-refractivity contribution in [2.24, 2.45) is 5.92 Å². The first-order valence-electron chi connectivity index (χ1n) is 11.7. The van der Waals surface area contributed by atoms with Gasteiger partial charge in [-0.05, 0) is 30.7 Å². The normalized spacial score (nSPS) is 18.5. The van der Waals surface area contributed by atoms with E-state index >= 15 is 0 Å². The molecule has 36 heavy (non-hydrogen) atoms. The Bertz CT molecular complexity index is 1280. The van der Waals surface area contributed by atoms with Crippen LogP contribution in [0.5, 0.6) is 5.88 Å². The van der Waals surface area contributed by atoms with Crippen molar-refractivity contribution in [3.05, 3.63) is 81.5 Å². The van der Waals surface area contributed by atoms with Crippen molar-refractivity contribution in [1.29, 1.82) is 5.26 Å². The molecular weight excluding hydrogens is 497 g/mol. The van der Waals surface area contributed by atoms with Crippen LogP contribution in [0.15, 0.2) is 48.9 Å². The number of rotatable bonds is 5. The van der Waals surface area contributed by atoms with Crippen LogP contribution in [0.1, 0.15) is 60.9 Å². The van der Waals surface area contributed by atoms with Crippen LogP contribution in [0, 0.1) is 17.2 Å². The average Bonchev–Trinajstić information content (AvgIpc) is 3.31. The van der Waals surface area contributed by atoms with E-state index in [1.54, 1.807) is 35.5 Å². The lowest BCUT2D eigenvalue weighted by molar-refractivity contribution is 0.0768. The van der Waals surface area contributed by atoms with E-state index in [-0.39, 0.29) is 29.3 Å². The van der Waals surface area contributed by atoms with Crippen LogP contribution in [0.4, 0.5) is 0 Å². The average molecular weight is 524 g/mol. The van der Waals surface area contributed by atoms with E-state index in [9.17, 15) is 4.79 Å². The van der Waals surface area contributed by atoms with Gasteiger partial charge in [-0.1, -0.05) is 50.0 Å². The highest BCUT2D eigenvalue weighted by atomic mass is 35.5. The quantitative estimate of drug-likeness (QED) is 0.427. The number of benzene rings is 1. The number of hydrogen-bond acceptors (Lipinski definition) is 6. The highest BCUT2D eigenvalue weighted by Gasteiger charge is 2.40. The molecule has 7 nitrogen and oxygen atoms in total. The van der Waals surface area contributed by atoms with Crippen LogP contribution in [0.3, 0.4) is 0 Å². The second-order valence-corrected chi connectivity index (χ2v) is 10.8. The van der Waals surface area contributed by atoms with Crippen molar-refractivity contribution in [2.75, 3.05) is 13.1 Å². The first kappa shape index (κ1) is 25.9. The summed E-state index contributed by atoms with van der Waals surface area (Å²) in [7, 11) is 0. The number of carbonyl (C=O) groups is 1. The monoisotopic (exact) mass is 523 g/mol. The zero-order valence-electron chi connectivity index (χ0n) is 20.6. The highest BCUT2D eigenvalue weighted by molar-refractivity contribution is 6.42. The summed E-state index contributed by atoms with van der Waals surface area (Å²) in [5.74, 6) is 0.895. The fraction of sp³-hybridized carbons (Fsp3) is 0.370. The first-order chi connectivity index (χ1) is 17.1. The van der Waals surface area contributed by atoms with Gasteiger partial charge in [0.05, 0.1) is 21.2 Å². The SMILES string of the molecule is C[C@H](Oc1ccc(C#N)cn1)C1CN(C(=O)c2cnc(C(C)(C)C)nc2)C[C@@H]1c1ccc(Cl)c(Cl)c1. The zero-order valence-corrected chi connectivity index (χ0v) is 22.1. The lowest BCUT2D eigenvalue weighted by atomic mass is 9.86. The smallest absolute Gasteiger partial charge is 0.257 e. The van der Waals surface area contributed by atoms with Gasteiger partial charge in [0.2, 0.25) is 5.88 Å². The van der Waals surface area contributed by atoms with Crippen molar-refractivity contribution in [3.8, 4) is 11.9 Å². The Morgan fingerprint density at radius 3 is 2.39 bits per heavy atom. The van der Waals surface area contributed by atoms with Gasteiger partial charge in [-0.2, -0.15) is 5.26 Å². The molecule has 1 amide bonds. The predicted octanol–water partition coefficient (Wildman–Crippen LogP) is 5.67. The molecule has 0 saturated carbocycles. The summed E-state index contributed by atoms with van der Waals surface area (Å²) in [6.45, 7) is 9.01. The van der Waals surface area contributed by atoms with Gasteiger partial charge in [-0.3, -0.25) is 4.79 Å². The molecule has 3 aromatic rings. The van der Waals surface area contributed by atoms with E-state index in [1.165, 1.54) is 6.20 Å². The Hall–Kier alpha value is -3.21. The van der Waals surface area contributed by atoms with Crippen molar-refractivity contribution in [3.63, 3.8) is 0 Å². The van der Waals surface area contributed by atoms with Crippen molar-refractivity contribution < 1.29 is 9.53 Å². The van der Waals surface area contributed by atoms with E-state index in [1.807, 2.05) is 39.8 Å². The first-order valence-corrected chi connectivity index (χ1v) is 12.4. The number of likely N-dealkylation sites (tertiary alicyclic amines) is 1. The van der Waals surface area contributed by atoms with Crippen LogP contribution in [0.2, 0.25) is 10.0 Å². The molecule has 0 N–H and O–H groups in total. The fourth-order valence-electron chi connectivity index (χ4n) is 4.37. The molecule has 9 heteroatoms. The maximum atomic E-state index is 13.4. The van der Waals surface area contributed by atoms with Crippen molar-refractivity contribution in [2.45, 2.75) is 45.1 Å². The molecule has 1 aromatic carbocycles. The molecule has 2 aromatic heterocycles. The third-order valence-corrected chi connectivity index (χ3v) is 7.11. The van der Waals surface area contributed by atoms with Crippen molar-refractivity contribution in [1.82, 2.24) is 19.9 Å². The summed E-state index contributed by atoms with van der Waals surface area (Å²) in [6, 6.07) is 11.0. The summed E-state index contributed by atoms with van der Waals surface area (Å²) in [5.41, 5.74) is 1.68. The number of halogens is 2. The molecule has 0 bridgehead atoms. The maximum Gasteiger partial charge on any atom is 0.257 e. The summed E-state index contributed by atoms with van der Waals surface area (Å²) in [5, 5.41) is 9.96. The van der Waals surface area contributed by atoms with Gasteiger partial charge in [0.25, 0.3) is 5.91 Å². The predicted molar refractivity (Wildman–Crippen MR) is 138 cm³/mol. The zero-order chi connectivity index (χ0) is 26.0. The van der Waals surface area contributed by atoms with Gasteiger partial charge in [0.1, 0.15) is 18.0 Å². The molecule has 4 rings (SSSR count). The standard InChI is InChI=1S/C27H27Cl2N5O2/c1-16(36-24-8-5-17(10-30)11-31-24)20-14-34(15-21(20)18-6-7-22(28)23(29)9-18)25(35)19-12-32-26(33-13-19)27(2,3)4/h5-9,11-13,16,20-21H,14-15H2,1-4H3/t16-,20?,21+/m0/s1. The van der Waals surface area contributed by atoms with Crippen LogP contribution in [0.25, 0.3) is 0 Å². The van der Waals surface area contributed by atoms with Gasteiger partial charge in [-0.25, -0.2) is 15.0 Å². The summed E-state index contributed by atoms with van der Waals surface area (Å²) >= 11 is 12.5. The van der Waals surface area contributed by atoms with E-state index < -0.39 is 0 Å². The molecule has 1 unspecified atom stereocenters. The molecule has 3 atom stereocenters. The Kier molecular flexibility index (Phi) is 7.49. The minimum absolute atomic E-state index is 0.0353. The van der Waals surface area contributed by atoms with E-state index in [0.717, 1.165) is 5.56 Å². The number of amides is 1. The summed E-state index contributed by atoms with van der Waals surface area (Å²) in [6.07, 6.45) is 4.39. The number of hydrogen-bond donors (Lipinski definition) is 0. The van der Waals surface area contributed by atoms with Gasteiger partial charge < -0.3 is 9.64 Å². The maximum absolute atomic E-state index is 13.4. The van der Waals surface area contributed by atoms with E-state index in [4.69, 9.17) is 33.2 Å². The molecule has 0 aliphatic carbocycles. The minimum atomic E-state index is -0.276. The molecule has 1 aliphatic heterocycles. The van der Waals surface area contributed by atoms with Gasteiger partial charge in [0, 0.05) is 55.0 Å². The molecule has 0 radical (unpaired) electrons. The molecule has 1 fully saturated rings. The number of nitriles is 1. The van der Waals surface area contributed by atoms with E-state index in [2.05, 4.69) is 21.0 Å². The Balaban J connectivity index is 1.59. The van der Waals surface area contributed by atoms with Crippen LogP contribution in [-0.2, 0) is 5.41 Å². The van der Waals surface area contributed by atoms with Gasteiger partial charge in [0.15, 0.2) is 0 Å². The third kappa shape index (κ3) is 5.61. The molecule has 1 aliphatic rings. The highest BCUT2D eigenvalue weighted by Crippen LogP contribution is 2.38. The molecule has 186 valence electrons. The number of pyridine rings is 1. The summed E-state index contributed by atoms with van der Waals surface area (Å²) < 4.78 is 6.15. The second kappa shape index (κ2) is 10.4. The number of aromatic nitrogens is 3. The number of ether oxygens (including phenoxy) is 1. The third-order valence-electron chi connectivity index (χ3n) is 6.37. The molecular formula is C27H27Cl2N5O2. The Morgan fingerprint density at radius 2 is 1.81 bits per heavy atom. The topological polar surface area (TPSA) is 92.0 Å². The number of nitrogens with zero attached hydrogens (tertiary/aromatic N) is 5. The lowest BCUT2D eigenvalue weighted by Crippen LogP contribution is -2.32. The number of carbonyl (C=O) groups excluding carboxylic acids is 1. The molecule has 3 heterocycles. The largest absolute Gasteiger partial charge is 0.474 e. The van der Waals surface area contributed by atoms with E-state index in [0.29, 0.717) is 46.0 Å². The molecule has 1 saturated heterocycles. The minimum Gasteiger partial charge on any atom is -0.474 e. The Labute approximate surface area is 221 Å². The fourth-order valence-corrected chi connectivity index (χ4v) is 4.67. The van der Waals surface area contributed by atoms with Crippen LogP contribution < -0.4 is 4.74 Å². The van der Waals surface area contributed by atoms with Crippen LogP contribution >= 0.6 is 23.2 Å². The Morgan fingerprint density at radius 1 is 1.08 bits per heavy atom. The van der Waals surface area contributed by atoms with Crippen molar-refractivity contribution >= 4 is 29.1 Å².